The summed E-state index contributed by atoms with van der Waals surface area (Å²) in [5.74, 6) is -0.509. The predicted octanol–water partition coefficient (Wildman–Crippen LogP) is 6.89. The molecule has 3 aromatic carbocycles. The quantitative estimate of drug-likeness (QED) is 0.0515. The number of carbonyl (C=O) groups excluding carboxylic acids is 1. The highest BCUT2D eigenvalue weighted by molar-refractivity contribution is 6.30. The first kappa shape index (κ1) is 33.8. The van der Waals surface area contributed by atoms with Crippen LogP contribution in [0.3, 0.4) is 0 Å². The molecule has 2 atom stereocenters. The van der Waals surface area contributed by atoms with Crippen LogP contribution in [0, 0.1) is 5.92 Å². The summed E-state index contributed by atoms with van der Waals surface area (Å²) < 4.78 is 27.4. The van der Waals surface area contributed by atoms with Crippen LogP contribution in [0.1, 0.15) is 30.6 Å². The maximum Gasteiger partial charge on any atom is 0.336 e. The van der Waals surface area contributed by atoms with Gasteiger partial charge in [-0.2, -0.15) is 0 Å². The van der Waals surface area contributed by atoms with E-state index in [0.717, 1.165) is 23.1 Å². The maximum atomic E-state index is 12.3. The number of hydrogen-bond donors (Lipinski definition) is 1. The number of esters is 1. The van der Waals surface area contributed by atoms with Gasteiger partial charge in [-0.3, -0.25) is 4.79 Å². The summed E-state index contributed by atoms with van der Waals surface area (Å²) in [6.45, 7) is 10.5. The number of hydrogen-bond acceptors (Lipinski definition) is 7. The Morgan fingerprint density at radius 2 is 1.35 bits per heavy atom. The van der Waals surface area contributed by atoms with Gasteiger partial charge in [0.05, 0.1) is 45.2 Å². The van der Waals surface area contributed by atoms with Gasteiger partial charge in [0.25, 0.3) is 0 Å². The second-order valence-corrected chi connectivity index (χ2v) is 10.2. The lowest BCUT2D eigenvalue weighted by Crippen LogP contribution is -2.26. The van der Waals surface area contributed by atoms with Crippen LogP contribution >= 0.6 is 11.6 Å². The Kier molecular flexibility index (Phi) is 14.2. The van der Waals surface area contributed by atoms with E-state index in [0.29, 0.717) is 63.3 Å². The minimum absolute atomic E-state index is 0.0179. The first-order valence-corrected chi connectivity index (χ1v) is 14.7. The molecule has 0 aliphatic rings. The number of rotatable bonds is 19. The first-order chi connectivity index (χ1) is 20.8. The zero-order valence-corrected chi connectivity index (χ0v) is 25.4. The highest BCUT2D eigenvalue weighted by Crippen LogP contribution is 2.31. The van der Waals surface area contributed by atoms with E-state index < -0.39 is 17.3 Å². The van der Waals surface area contributed by atoms with E-state index in [9.17, 15) is 14.7 Å². The van der Waals surface area contributed by atoms with Gasteiger partial charge < -0.3 is 28.8 Å². The summed E-state index contributed by atoms with van der Waals surface area (Å²) in [6.07, 6.45) is 2.47. The Labute approximate surface area is 258 Å². The number of carboxylic acids is 1. The van der Waals surface area contributed by atoms with E-state index in [1.54, 1.807) is 30.3 Å². The second kappa shape index (κ2) is 18.1. The molecule has 0 saturated carbocycles. The van der Waals surface area contributed by atoms with Crippen LogP contribution < -0.4 is 9.47 Å². The van der Waals surface area contributed by atoms with Gasteiger partial charge in [-0.05, 0) is 58.5 Å². The van der Waals surface area contributed by atoms with Gasteiger partial charge in [-0.15, -0.1) is 18.2 Å². The molecule has 8 nitrogen and oxygen atoms in total. The van der Waals surface area contributed by atoms with Crippen LogP contribution in [-0.4, -0.2) is 68.7 Å². The lowest BCUT2D eigenvalue weighted by atomic mass is 9.96. The third-order valence-electron chi connectivity index (χ3n) is 6.67. The number of alkyl halides is 1. The van der Waals surface area contributed by atoms with E-state index in [2.05, 4.69) is 6.58 Å². The van der Waals surface area contributed by atoms with Crippen molar-refractivity contribution < 1.29 is 38.4 Å². The molecule has 0 radical (unpaired) electrons. The van der Waals surface area contributed by atoms with Gasteiger partial charge in [0.2, 0.25) is 0 Å². The average molecular weight is 611 g/mol. The lowest BCUT2D eigenvalue weighted by Gasteiger charge is -2.15. The second-order valence-electron chi connectivity index (χ2n) is 9.76. The highest BCUT2D eigenvalue weighted by atomic mass is 35.5. The molecule has 43 heavy (non-hydrogen) atoms. The third kappa shape index (κ3) is 10.8. The van der Waals surface area contributed by atoms with Gasteiger partial charge >= 0.3 is 11.9 Å². The standard InChI is InChI=1S/C34H39ClO8/c1-4-16-39-17-18-40-19-20-41-21-22-42-29-14-15-30(33(36)37)31(23-29)27-8-6-25(7-9-27)26-10-12-28(13-11-26)43-34(38)32(35)24(3)5-2/h4,6-15,23-24,32H,1,5,16-22H2,2-3H3,(H,36,37)/t24-,32-/m0/s1. The average Bonchev–Trinajstić information content (AvgIpc) is 3.03. The molecule has 0 aromatic heterocycles. The van der Waals surface area contributed by atoms with Gasteiger partial charge in [0.1, 0.15) is 23.5 Å². The zero-order valence-electron chi connectivity index (χ0n) is 24.6. The van der Waals surface area contributed by atoms with Gasteiger partial charge in [-0.25, -0.2) is 4.79 Å². The van der Waals surface area contributed by atoms with Gasteiger partial charge in [-0.1, -0.05) is 62.7 Å². The SMILES string of the molecule is C=CCOCCOCCOCCOc1ccc(C(=O)O)c(-c2ccc(-c3ccc(OC(=O)[C@@H](Cl)[C@@H](C)CC)cc3)cc2)c1. The van der Waals surface area contributed by atoms with Crippen LogP contribution in [-0.2, 0) is 19.0 Å². The third-order valence-corrected chi connectivity index (χ3v) is 7.28. The monoisotopic (exact) mass is 610 g/mol. The van der Waals surface area contributed by atoms with Crippen LogP contribution in [0.5, 0.6) is 11.5 Å². The summed E-state index contributed by atoms with van der Waals surface area (Å²) in [6, 6.07) is 19.6. The summed E-state index contributed by atoms with van der Waals surface area (Å²) in [5, 5.41) is 9.07. The van der Waals surface area contributed by atoms with E-state index in [1.807, 2.05) is 50.2 Å². The topological polar surface area (TPSA) is 101 Å². The minimum Gasteiger partial charge on any atom is -0.491 e. The van der Waals surface area contributed by atoms with E-state index in [-0.39, 0.29) is 11.5 Å². The van der Waals surface area contributed by atoms with Gasteiger partial charge in [0, 0.05) is 0 Å². The first-order valence-electron chi connectivity index (χ1n) is 14.2. The Hall–Kier alpha value is -3.69. The Morgan fingerprint density at radius 1 is 0.814 bits per heavy atom. The summed E-state index contributed by atoms with van der Waals surface area (Å²) >= 11 is 6.20. The van der Waals surface area contributed by atoms with E-state index >= 15 is 0 Å². The van der Waals surface area contributed by atoms with Gasteiger partial charge in [0.15, 0.2) is 0 Å². The predicted molar refractivity (Wildman–Crippen MR) is 167 cm³/mol. The molecule has 0 spiro atoms. The molecule has 0 aliphatic heterocycles. The molecule has 0 bridgehead atoms. The van der Waals surface area contributed by atoms with Crippen molar-refractivity contribution in [3.05, 3.63) is 84.9 Å². The number of carbonyl (C=O) groups is 2. The lowest BCUT2D eigenvalue weighted by molar-refractivity contribution is -0.134. The molecule has 0 heterocycles. The van der Waals surface area contributed by atoms with Crippen LogP contribution in [0.4, 0.5) is 0 Å². The zero-order chi connectivity index (χ0) is 31.0. The van der Waals surface area contributed by atoms with Crippen molar-refractivity contribution in [2.75, 3.05) is 46.2 Å². The Bertz CT molecular complexity index is 1310. The molecule has 0 fully saturated rings. The summed E-state index contributed by atoms with van der Waals surface area (Å²) in [7, 11) is 0. The molecule has 0 amide bonds. The number of carboxylic acid groups (broad SMARTS) is 1. The summed E-state index contributed by atoms with van der Waals surface area (Å²) in [4.78, 5) is 24.2. The molecule has 3 aromatic rings. The van der Waals surface area contributed by atoms with Crippen molar-refractivity contribution >= 4 is 23.5 Å². The number of benzene rings is 3. The molecule has 0 aliphatic carbocycles. The van der Waals surface area contributed by atoms with Crippen molar-refractivity contribution in [3.63, 3.8) is 0 Å². The molecule has 0 saturated heterocycles. The number of halogens is 1. The molecular formula is C34H39ClO8. The molecule has 230 valence electrons. The van der Waals surface area contributed by atoms with E-state index in [4.69, 9.17) is 35.3 Å². The highest BCUT2D eigenvalue weighted by Gasteiger charge is 2.23. The van der Waals surface area contributed by atoms with Crippen LogP contribution in [0.15, 0.2) is 79.4 Å². The largest absolute Gasteiger partial charge is 0.491 e. The smallest absolute Gasteiger partial charge is 0.336 e. The van der Waals surface area contributed by atoms with Crippen molar-refractivity contribution in [2.45, 2.75) is 25.6 Å². The van der Waals surface area contributed by atoms with Crippen LogP contribution in [0.2, 0.25) is 0 Å². The molecular weight excluding hydrogens is 572 g/mol. The number of ether oxygens (including phenoxy) is 5. The van der Waals surface area contributed by atoms with Crippen molar-refractivity contribution in [1.29, 1.82) is 0 Å². The Balaban J connectivity index is 1.56. The van der Waals surface area contributed by atoms with Crippen molar-refractivity contribution in [2.24, 2.45) is 5.92 Å². The summed E-state index contributed by atoms with van der Waals surface area (Å²) in [5.41, 5.74) is 3.29. The van der Waals surface area contributed by atoms with Crippen molar-refractivity contribution in [1.82, 2.24) is 0 Å². The molecule has 1 N–H and O–H groups in total. The Morgan fingerprint density at radius 3 is 1.93 bits per heavy atom. The fourth-order valence-electron chi connectivity index (χ4n) is 4.03. The maximum absolute atomic E-state index is 12.3. The number of aromatic carboxylic acids is 1. The molecule has 9 heteroatoms. The fraction of sp³-hybridized carbons (Fsp3) is 0.353. The van der Waals surface area contributed by atoms with E-state index in [1.165, 1.54) is 6.07 Å². The normalized spacial score (nSPS) is 12.3. The van der Waals surface area contributed by atoms with Crippen molar-refractivity contribution in [3.8, 4) is 33.8 Å². The molecule has 3 rings (SSSR count). The minimum atomic E-state index is -1.03. The fourth-order valence-corrected chi connectivity index (χ4v) is 4.26. The molecule has 0 unspecified atom stereocenters. The van der Waals surface area contributed by atoms with Crippen LogP contribution in [0.25, 0.3) is 22.3 Å².